The van der Waals surface area contributed by atoms with Gasteiger partial charge in [0.25, 0.3) is 0 Å². The molecule has 0 spiro atoms. The Labute approximate surface area is 159 Å². The van der Waals surface area contributed by atoms with Gasteiger partial charge in [-0.3, -0.25) is 4.79 Å². The number of carbonyl (C=O) groups excluding carboxylic acids is 1. The third-order valence-corrected chi connectivity index (χ3v) is 5.28. The van der Waals surface area contributed by atoms with E-state index < -0.39 is 5.41 Å². The average molecular weight is 396 g/mol. The minimum atomic E-state index is -0.529. The van der Waals surface area contributed by atoms with Crippen LogP contribution in [0.5, 0.6) is 0 Å². The van der Waals surface area contributed by atoms with Gasteiger partial charge < -0.3 is 15.8 Å². The molecule has 1 heterocycles. The van der Waals surface area contributed by atoms with E-state index in [-0.39, 0.29) is 23.7 Å². The first-order chi connectivity index (χ1) is 10.8. The average Bonchev–Trinajstić information content (AvgIpc) is 2.53. The van der Waals surface area contributed by atoms with Gasteiger partial charge in [0.1, 0.15) is 0 Å². The zero-order valence-electron chi connectivity index (χ0n) is 14.0. The van der Waals surface area contributed by atoms with Gasteiger partial charge in [0, 0.05) is 41.8 Å². The number of benzene rings is 1. The SMILES string of the molecule is CC(C)(CNC(=O)C1(CN)CCOCC1)c1c(Cl)cccc1Cl.Cl. The highest BCUT2D eigenvalue weighted by Gasteiger charge is 2.39. The molecule has 4 nitrogen and oxygen atoms in total. The van der Waals surface area contributed by atoms with E-state index >= 15 is 0 Å². The number of carbonyl (C=O) groups is 1. The summed E-state index contributed by atoms with van der Waals surface area (Å²) in [4.78, 5) is 12.7. The van der Waals surface area contributed by atoms with Gasteiger partial charge in [0.05, 0.1) is 5.41 Å². The van der Waals surface area contributed by atoms with Gasteiger partial charge in [-0.25, -0.2) is 0 Å². The summed E-state index contributed by atoms with van der Waals surface area (Å²) in [5.41, 5.74) is 5.81. The first kappa shape index (κ1) is 21.5. The number of rotatable bonds is 5. The number of hydrogen-bond acceptors (Lipinski definition) is 3. The van der Waals surface area contributed by atoms with Gasteiger partial charge >= 0.3 is 0 Å². The number of halogens is 3. The molecule has 0 unspecified atom stereocenters. The summed E-state index contributed by atoms with van der Waals surface area (Å²) in [6.07, 6.45) is 1.31. The predicted molar refractivity (Wildman–Crippen MR) is 101 cm³/mol. The molecule has 1 amide bonds. The van der Waals surface area contributed by atoms with Gasteiger partial charge in [0.15, 0.2) is 0 Å². The van der Waals surface area contributed by atoms with Gasteiger partial charge in [-0.05, 0) is 30.5 Å². The highest BCUT2D eigenvalue weighted by molar-refractivity contribution is 6.36. The third-order valence-electron chi connectivity index (χ3n) is 4.65. The van der Waals surface area contributed by atoms with E-state index in [9.17, 15) is 4.79 Å². The van der Waals surface area contributed by atoms with Crippen molar-refractivity contribution in [2.45, 2.75) is 32.1 Å². The zero-order chi connectivity index (χ0) is 17.1. The minimum Gasteiger partial charge on any atom is -0.381 e. The van der Waals surface area contributed by atoms with Crippen molar-refractivity contribution >= 4 is 41.5 Å². The lowest BCUT2D eigenvalue weighted by atomic mass is 9.78. The molecule has 7 heteroatoms. The summed E-state index contributed by atoms with van der Waals surface area (Å²) < 4.78 is 5.35. The Morgan fingerprint density at radius 3 is 2.33 bits per heavy atom. The first-order valence-electron chi connectivity index (χ1n) is 7.83. The molecule has 1 aliphatic rings. The molecule has 0 aromatic heterocycles. The lowest BCUT2D eigenvalue weighted by Crippen LogP contribution is -2.51. The fourth-order valence-corrected chi connectivity index (χ4v) is 3.92. The molecule has 2 rings (SSSR count). The van der Waals surface area contributed by atoms with E-state index in [1.54, 1.807) is 0 Å². The second kappa shape index (κ2) is 8.72. The van der Waals surface area contributed by atoms with Crippen LogP contribution < -0.4 is 11.1 Å². The number of nitrogens with two attached hydrogens (primary N) is 1. The maximum atomic E-state index is 12.7. The van der Waals surface area contributed by atoms with Crippen LogP contribution in [-0.2, 0) is 14.9 Å². The molecule has 0 radical (unpaired) electrons. The standard InChI is InChI=1S/C17H24Cl2N2O2.ClH/c1-16(2,14-12(18)4-3-5-13(14)19)11-21-15(22)17(10-20)6-8-23-9-7-17;/h3-5H,6-11,20H2,1-2H3,(H,21,22);1H. The van der Waals surface area contributed by atoms with E-state index in [1.165, 1.54) is 0 Å². The van der Waals surface area contributed by atoms with Crippen LogP contribution in [-0.4, -0.2) is 32.2 Å². The monoisotopic (exact) mass is 394 g/mol. The van der Waals surface area contributed by atoms with E-state index in [0.29, 0.717) is 49.2 Å². The third kappa shape index (κ3) is 4.55. The zero-order valence-corrected chi connectivity index (χ0v) is 16.4. The molecule has 0 bridgehead atoms. The fourth-order valence-electron chi connectivity index (χ4n) is 3.01. The summed E-state index contributed by atoms with van der Waals surface area (Å²) in [5, 5.41) is 4.26. The van der Waals surface area contributed by atoms with Crippen LogP contribution in [0.15, 0.2) is 18.2 Å². The Hall–Kier alpha value is -0.520. The molecule has 3 N–H and O–H groups in total. The Morgan fingerprint density at radius 1 is 1.29 bits per heavy atom. The quantitative estimate of drug-likeness (QED) is 0.801. The molecule has 1 aliphatic heterocycles. The van der Waals surface area contributed by atoms with Crippen molar-refractivity contribution < 1.29 is 9.53 Å². The Morgan fingerprint density at radius 2 is 1.83 bits per heavy atom. The maximum Gasteiger partial charge on any atom is 0.227 e. The van der Waals surface area contributed by atoms with Crippen molar-refractivity contribution in [1.29, 1.82) is 0 Å². The van der Waals surface area contributed by atoms with Gasteiger partial charge in [-0.2, -0.15) is 0 Å². The van der Waals surface area contributed by atoms with Crippen LogP contribution in [0.1, 0.15) is 32.3 Å². The Bertz CT molecular complexity index is 553. The van der Waals surface area contributed by atoms with Crippen LogP contribution >= 0.6 is 35.6 Å². The van der Waals surface area contributed by atoms with Crippen LogP contribution in [0.4, 0.5) is 0 Å². The smallest absolute Gasteiger partial charge is 0.227 e. The summed E-state index contributed by atoms with van der Waals surface area (Å²) in [6.45, 7) is 5.95. The highest BCUT2D eigenvalue weighted by Crippen LogP contribution is 2.36. The highest BCUT2D eigenvalue weighted by atomic mass is 35.5. The normalized spacial score (nSPS) is 17.0. The summed E-state index contributed by atoms with van der Waals surface area (Å²) >= 11 is 12.6. The molecular formula is C17H25Cl3N2O2. The van der Waals surface area contributed by atoms with Crippen LogP contribution in [0.3, 0.4) is 0 Å². The van der Waals surface area contributed by atoms with Crippen molar-refractivity contribution in [2.24, 2.45) is 11.1 Å². The van der Waals surface area contributed by atoms with E-state index in [4.69, 9.17) is 33.7 Å². The summed E-state index contributed by atoms with van der Waals surface area (Å²) in [7, 11) is 0. The van der Waals surface area contributed by atoms with Gasteiger partial charge in [-0.1, -0.05) is 43.1 Å². The first-order valence-corrected chi connectivity index (χ1v) is 8.59. The van der Waals surface area contributed by atoms with Gasteiger partial charge in [-0.15, -0.1) is 12.4 Å². The molecule has 1 aromatic carbocycles. The fraction of sp³-hybridized carbons (Fsp3) is 0.588. The summed E-state index contributed by atoms with van der Waals surface area (Å²) in [6, 6.07) is 5.44. The van der Waals surface area contributed by atoms with Crippen molar-refractivity contribution in [2.75, 3.05) is 26.3 Å². The number of ether oxygens (including phenoxy) is 1. The molecule has 1 aromatic rings. The molecular weight excluding hydrogens is 371 g/mol. The molecule has 0 aliphatic carbocycles. The second-order valence-electron chi connectivity index (χ2n) is 6.76. The lowest BCUT2D eigenvalue weighted by molar-refractivity contribution is -0.136. The lowest BCUT2D eigenvalue weighted by Gasteiger charge is -2.36. The number of hydrogen-bond donors (Lipinski definition) is 2. The number of nitrogens with one attached hydrogen (secondary N) is 1. The molecule has 0 saturated carbocycles. The summed E-state index contributed by atoms with van der Waals surface area (Å²) in [5.74, 6) is -0.0143. The minimum absolute atomic E-state index is 0. The van der Waals surface area contributed by atoms with Crippen LogP contribution in [0.25, 0.3) is 0 Å². The van der Waals surface area contributed by atoms with Crippen molar-refractivity contribution in [3.63, 3.8) is 0 Å². The number of amides is 1. The molecule has 1 saturated heterocycles. The van der Waals surface area contributed by atoms with E-state index in [0.717, 1.165) is 5.56 Å². The van der Waals surface area contributed by atoms with E-state index in [2.05, 4.69) is 5.32 Å². The Kier molecular flexibility index (Phi) is 7.82. The molecule has 136 valence electrons. The molecule has 1 fully saturated rings. The molecule has 24 heavy (non-hydrogen) atoms. The second-order valence-corrected chi connectivity index (χ2v) is 7.57. The molecule has 0 atom stereocenters. The Balaban J connectivity index is 0.00000288. The van der Waals surface area contributed by atoms with Crippen LogP contribution in [0.2, 0.25) is 10.0 Å². The van der Waals surface area contributed by atoms with Crippen molar-refractivity contribution in [3.8, 4) is 0 Å². The predicted octanol–water partition coefficient (Wildman–Crippen LogP) is 3.56. The van der Waals surface area contributed by atoms with Crippen molar-refractivity contribution in [1.82, 2.24) is 5.32 Å². The largest absolute Gasteiger partial charge is 0.381 e. The van der Waals surface area contributed by atoms with Gasteiger partial charge in [0.2, 0.25) is 5.91 Å². The maximum absolute atomic E-state index is 12.7. The van der Waals surface area contributed by atoms with Crippen LogP contribution in [0, 0.1) is 5.41 Å². The topological polar surface area (TPSA) is 64.4 Å². The van der Waals surface area contributed by atoms with Crippen molar-refractivity contribution in [3.05, 3.63) is 33.8 Å². The van der Waals surface area contributed by atoms with E-state index in [1.807, 2.05) is 32.0 Å².